The summed E-state index contributed by atoms with van der Waals surface area (Å²) >= 11 is 0. The minimum absolute atomic E-state index is 0.244. The van der Waals surface area contributed by atoms with Gasteiger partial charge in [0.05, 0.1) is 5.69 Å². The van der Waals surface area contributed by atoms with E-state index in [1.807, 2.05) is 0 Å². The third-order valence-corrected chi connectivity index (χ3v) is 1.48. The van der Waals surface area contributed by atoms with Crippen molar-refractivity contribution >= 4 is 11.8 Å². The van der Waals surface area contributed by atoms with Crippen LogP contribution < -0.4 is 4.74 Å². The molecule has 3 nitrogen and oxygen atoms in total. The number of carbonyl (C=O) groups excluding carboxylic acids is 1. The molecule has 15 heavy (non-hydrogen) atoms. The topological polar surface area (TPSA) is 38.7 Å². The highest BCUT2D eigenvalue weighted by Crippen LogP contribution is 2.21. The lowest BCUT2D eigenvalue weighted by Crippen LogP contribution is -2.20. The largest absolute Gasteiger partial charge is 0.487 e. The highest BCUT2D eigenvalue weighted by Gasteiger charge is 2.21. The van der Waals surface area contributed by atoms with Crippen molar-refractivity contribution in [2.75, 3.05) is 6.61 Å². The number of nitrogens with zero attached hydrogens (tertiary/aromatic N) is 1. The van der Waals surface area contributed by atoms with Gasteiger partial charge in [-0.3, -0.25) is 0 Å². The van der Waals surface area contributed by atoms with Crippen molar-refractivity contribution in [3.8, 4) is 5.75 Å². The van der Waals surface area contributed by atoms with Crippen LogP contribution in [0.5, 0.6) is 5.75 Å². The zero-order valence-corrected chi connectivity index (χ0v) is 8.04. The summed E-state index contributed by atoms with van der Waals surface area (Å²) in [6.07, 6.45) is 1.35. The van der Waals surface area contributed by atoms with E-state index >= 15 is 0 Å². The van der Waals surface area contributed by atoms with Gasteiger partial charge < -0.3 is 4.74 Å². The van der Waals surface area contributed by atoms with E-state index in [2.05, 4.69) is 4.99 Å². The maximum Gasteiger partial charge on any atom is 0.278 e. The van der Waals surface area contributed by atoms with Gasteiger partial charge in [0, 0.05) is 13.0 Å². The Hall–Kier alpha value is -1.74. The minimum atomic E-state index is -2.88. The predicted octanol–water partition coefficient (Wildman–Crippen LogP) is 2.69. The molecular weight excluding hydrogens is 204 g/mol. The number of ether oxygens (including phenoxy) is 1. The van der Waals surface area contributed by atoms with Gasteiger partial charge in [0.15, 0.2) is 6.61 Å². The SMILES string of the molecule is CC(F)(F)COc1cccc(N=C=O)c1. The number of hydrogen-bond acceptors (Lipinski definition) is 3. The number of alkyl halides is 2. The Balaban J connectivity index is 2.70. The average Bonchev–Trinajstić information content (AvgIpc) is 2.15. The van der Waals surface area contributed by atoms with Gasteiger partial charge in [-0.1, -0.05) is 6.07 Å². The van der Waals surface area contributed by atoms with Gasteiger partial charge >= 0.3 is 0 Å². The van der Waals surface area contributed by atoms with Crippen molar-refractivity contribution in [3.63, 3.8) is 0 Å². The zero-order chi connectivity index (χ0) is 11.3. The molecule has 80 valence electrons. The van der Waals surface area contributed by atoms with Gasteiger partial charge in [-0.05, 0) is 12.1 Å². The van der Waals surface area contributed by atoms with Crippen molar-refractivity contribution in [2.45, 2.75) is 12.8 Å². The van der Waals surface area contributed by atoms with Crippen LogP contribution in [0.4, 0.5) is 14.5 Å². The maximum atomic E-state index is 12.4. The summed E-state index contributed by atoms with van der Waals surface area (Å²) < 4.78 is 29.7. The van der Waals surface area contributed by atoms with E-state index in [4.69, 9.17) is 4.74 Å². The molecule has 0 bridgehead atoms. The predicted molar refractivity (Wildman–Crippen MR) is 50.3 cm³/mol. The van der Waals surface area contributed by atoms with Crippen LogP contribution in [-0.4, -0.2) is 18.6 Å². The van der Waals surface area contributed by atoms with Crippen molar-refractivity contribution in [1.29, 1.82) is 0 Å². The summed E-state index contributed by atoms with van der Waals surface area (Å²) in [5, 5.41) is 0. The molecule has 0 aliphatic carbocycles. The first-order chi connectivity index (χ1) is 7.01. The third kappa shape index (κ3) is 4.33. The van der Waals surface area contributed by atoms with Crippen LogP contribution in [0.25, 0.3) is 0 Å². The standard InChI is InChI=1S/C10H9F2NO2/c1-10(11,12)6-15-9-4-2-3-8(5-9)13-7-14/h2-5H,6H2,1H3. The van der Waals surface area contributed by atoms with Crippen molar-refractivity contribution in [3.05, 3.63) is 24.3 Å². The van der Waals surface area contributed by atoms with Crippen molar-refractivity contribution in [1.82, 2.24) is 0 Å². The Morgan fingerprint density at radius 2 is 2.27 bits per heavy atom. The molecule has 5 heteroatoms. The Bertz CT molecular complexity index is 381. The van der Waals surface area contributed by atoms with Gasteiger partial charge in [-0.2, -0.15) is 4.99 Å². The summed E-state index contributed by atoms with van der Waals surface area (Å²) in [5.74, 6) is -2.64. The average molecular weight is 213 g/mol. The second-order valence-electron chi connectivity index (χ2n) is 3.06. The molecule has 0 heterocycles. The van der Waals surface area contributed by atoms with Crippen LogP contribution >= 0.6 is 0 Å². The first-order valence-electron chi connectivity index (χ1n) is 4.20. The van der Waals surface area contributed by atoms with Gasteiger partial charge in [-0.25, -0.2) is 13.6 Å². The zero-order valence-electron chi connectivity index (χ0n) is 8.04. The van der Waals surface area contributed by atoms with E-state index in [9.17, 15) is 13.6 Å². The van der Waals surface area contributed by atoms with E-state index in [1.165, 1.54) is 18.2 Å². The first-order valence-corrected chi connectivity index (χ1v) is 4.20. The first kappa shape index (κ1) is 11.3. The van der Waals surface area contributed by atoms with Crippen LogP contribution in [-0.2, 0) is 4.79 Å². The second kappa shape index (κ2) is 4.66. The molecule has 1 rings (SSSR count). The molecular formula is C10H9F2NO2. The lowest BCUT2D eigenvalue weighted by molar-refractivity contribution is -0.0229. The summed E-state index contributed by atoms with van der Waals surface area (Å²) in [5.41, 5.74) is 0.321. The number of aliphatic imine (C=N–C) groups is 1. The van der Waals surface area contributed by atoms with E-state index < -0.39 is 12.5 Å². The van der Waals surface area contributed by atoms with Crippen LogP contribution in [0, 0.1) is 0 Å². The Labute approximate surface area is 85.4 Å². The molecule has 0 N–H and O–H groups in total. The second-order valence-corrected chi connectivity index (χ2v) is 3.06. The quantitative estimate of drug-likeness (QED) is 0.569. The molecule has 0 atom stereocenters. The van der Waals surface area contributed by atoms with E-state index in [-0.39, 0.29) is 5.75 Å². The fraction of sp³-hybridized carbons (Fsp3) is 0.300. The molecule has 0 saturated carbocycles. The molecule has 0 aliphatic rings. The Kier molecular flexibility index (Phi) is 3.52. The molecule has 0 amide bonds. The van der Waals surface area contributed by atoms with Crippen LogP contribution in [0.3, 0.4) is 0 Å². The normalized spacial score (nSPS) is 10.6. The summed E-state index contributed by atoms with van der Waals surface area (Å²) in [6.45, 7) is 0.0572. The van der Waals surface area contributed by atoms with E-state index in [0.29, 0.717) is 5.69 Å². The number of isocyanates is 1. The molecule has 1 aromatic carbocycles. The molecule has 0 radical (unpaired) electrons. The Morgan fingerprint density at radius 1 is 1.53 bits per heavy atom. The lowest BCUT2D eigenvalue weighted by Gasteiger charge is -2.11. The van der Waals surface area contributed by atoms with Crippen molar-refractivity contribution < 1.29 is 18.3 Å². The maximum absolute atomic E-state index is 12.4. The number of halogens is 2. The molecule has 1 aromatic rings. The molecule has 0 fully saturated rings. The third-order valence-electron chi connectivity index (χ3n) is 1.48. The van der Waals surface area contributed by atoms with Crippen molar-refractivity contribution in [2.24, 2.45) is 4.99 Å². The van der Waals surface area contributed by atoms with Gasteiger partial charge in [-0.15, -0.1) is 0 Å². The molecule has 0 unspecified atom stereocenters. The summed E-state index contributed by atoms with van der Waals surface area (Å²) in [7, 11) is 0. The number of hydrogen-bond donors (Lipinski definition) is 0. The highest BCUT2D eigenvalue weighted by molar-refractivity contribution is 5.51. The fourth-order valence-corrected chi connectivity index (χ4v) is 0.906. The number of benzene rings is 1. The van der Waals surface area contributed by atoms with Gasteiger partial charge in [0.2, 0.25) is 6.08 Å². The lowest BCUT2D eigenvalue weighted by atomic mass is 10.3. The van der Waals surface area contributed by atoms with Gasteiger partial charge in [0.25, 0.3) is 5.92 Å². The smallest absolute Gasteiger partial charge is 0.278 e. The van der Waals surface area contributed by atoms with Gasteiger partial charge in [0.1, 0.15) is 5.75 Å². The summed E-state index contributed by atoms with van der Waals surface area (Å²) in [6, 6.07) is 5.99. The fourth-order valence-electron chi connectivity index (χ4n) is 0.906. The molecule has 0 spiro atoms. The van der Waals surface area contributed by atoms with Crippen LogP contribution in [0.1, 0.15) is 6.92 Å². The highest BCUT2D eigenvalue weighted by atomic mass is 19.3. The van der Waals surface area contributed by atoms with E-state index in [1.54, 1.807) is 12.1 Å². The Morgan fingerprint density at radius 3 is 2.87 bits per heavy atom. The summed E-state index contributed by atoms with van der Waals surface area (Å²) in [4.78, 5) is 13.3. The van der Waals surface area contributed by atoms with Crippen LogP contribution in [0.2, 0.25) is 0 Å². The number of rotatable bonds is 4. The molecule has 0 aromatic heterocycles. The van der Waals surface area contributed by atoms with Crippen LogP contribution in [0.15, 0.2) is 29.3 Å². The molecule has 0 saturated heterocycles. The molecule has 0 aliphatic heterocycles. The minimum Gasteiger partial charge on any atom is -0.487 e. The van der Waals surface area contributed by atoms with E-state index in [0.717, 1.165) is 6.92 Å². The monoisotopic (exact) mass is 213 g/mol.